The second-order valence-electron chi connectivity index (χ2n) is 10.1. The normalized spacial score (nSPS) is 18.2. The highest BCUT2D eigenvalue weighted by Gasteiger charge is 2.48. The molecule has 3 aromatic rings. The maximum atomic E-state index is 13.0. The molecule has 5 rings (SSSR count). The van der Waals surface area contributed by atoms with Crippen molar-refractivity contribution in [3.8, 4) is 6.07 Å². The molecule has 3 aromatic heterocycles. The van der Waals surface area contributed by atoms with Crippen molar-refractivity contribution in [1.29, 1.82) is 5.26 Å². The van der Waals surface area contributed by atoms with E-state index in [2.05, 4.69) is 42.6 Å². The van der Waals surface area contributed by atoms with E-state index in [0.717, 1.165) is 27.3 Å². The number of carbonyl (C=O) groups is 3. The van der Waals surface area contributed by atoms with Gasteiger partial charge in [0.05, 0.1) is 22.4 Å². The van der Waals surface area contributed by atoms with E-state index in [1.54, 1.807) is 19.0 Å². The highest BCUT2D eigenvalue weighted by atomic mass is 32.1. The topological polar surface area (TPSA) is 169 Å². The van der Waals surface area contributed by atoms with Crippen LogP contribution in [0.3, 0.4) is 0 Å². The Labute approximate surface area is 239 Å². The van der Waals surface area contributed by atoms with Gasteiger partial charge in [-0.05, 0) is 62.3 Å². The summed E-state index contributed by atoms with van der Waals surface area (Å²) in [7, 11) is 3.21. The van der Waals surface area contributed by atoms with Crippen molar-refractivity contribution in [3.63, 3.8) is 0 Å². The number of nitrogens with zero attached hydrogens (tertiary/aromatic N) is 5. The van der Waals surface area contributed by atoms with Crippen LogP contribution in [0.25, 0.3) is 0 Å². The Morgan fingerprint density at radius 2 is 1.77 bits per heavy atom. The van der Waals surface area contributed by atoms with E-state index < -0.39 is 5.41 Å². The summed E-state index contributed by atoms with van der Waals surface area (Å²) in [6.45, 7) is 2.66. The number of hydrogen-bond donors (Lipinski definition) is 4. The first-order valence-electron chi connectivity index (χ1n) is 13.2. The molecule has 12 nitrogen and oxygen atoms in total. The number of fused-ring (bicyclic) bond motifs is 2. The number of aryl methyl sites for hydroxylation is 2. The van der Waals surface area contributed by atoms with Crippen molar-refractivity contribution in [2.75, 3.05) is 27.2 Å². The van der Waals surface area contributed by atoms with Gasteiger partial charge in [-0.25, -0.2) is 0 Å². The predicted octanol–water partition coefficient (Wildman–Crippen LogP) is 1.36. The standard InChI is InChI=1S/C26H31N9O3S2/c1-14(30-13-20(36)35-8-4-5-17(35)12-27)11-26(25-31-33-34-32-25)21-15(9-18(39-21)23(37)28-2)6-7-16-10-19(24(38)29-3)40-22(16)26/h9-10,14,17,30H,4-8,11,13H2,1-3H3,(H,28,37)(H,29,38)(H,31,32,33,34)/t14-,17-/m0/s1. The van der Waals surface area contributed by atoms with Gasteiger partial charge in [0.1, 0.15) is 11.5 Å². The number of amides is 3. The van der Waals surface area contributed by atoms with Crippen LogP contribution in [0.4, 0.5) is 0 Å². The summed E-state index contributed by atoms with van der Waals surface area (Å²) in [6, 6.07) is 5.49. The van der Waals surface area contributed by atoms with Crippen molar-refractivity contribution in [2.24, 2.45) is 0 Å². The minimum atomic E-state index is -0.916. The quantitative estimate of drug-likeness (QED) is 0.309. The third-order valence-electron chi connectivity index (χ3n) is 7.62. The molecule has 4 heterocycles. The molecular formula is C26H31N9O3S2. The monoisotopic (exact) mass is 581 g/mol. The number of aromatic amines is 1. The Morgan fingerprint density at radius 1 is 1.15 bits per heavy atom. The molecule has 0 unspecified atom stereocenters. The number of tetrazole rings is 1. The lowest BCUT2D eigenvalue weighted by Crippen LogP contribution is -2.45. The van der Waals surface area contributed by atoms with Crippen molar-refractivity contribution in [3.05, 3.63) is 48.6 Å². The molecule has 0 bridgehead atoms. The van der Waals surface area contributed by atoms with Crippen LogP contribution >= 0.6 is 22.7 Å². The number of hydrogen-bond acceptors (Lipinski definition) is 10. The molecule has 1 aliphatic carbocycles. The Morgan fingerprint density at radius 3 is 2.30 bits per heavy atom. The van der Waals surface area contributed by atoms with Crippen molar-refractivity contribution < 1.29 is 14.4 Å². The van der Waals surface area contributed by atoms with Crippen molar-refractivity contribution in [2.45, 2.75) is 56.5 Å². The van der Waals surface area contributed by atoms with E-state index in [4.69, 9.17) is 0 Å². The predicted molar refractivity (Wildman–Crippen MR) is 149 cm³/mol. The fourth-order valence-corrected chi connectivity index (χ4v) is 8.49. The average molecular weight is 582 g/mol. The second kappa shape index (κ2) is 11.4. The molecule has 1 fully saturated rings. The van der Waals surface area contributed by atoms with E-state index in [0.29, 0.717) is 47.8 Å². The van der Waals surface area contributed by atoms with Gasteiger partial charge in [-0.3, -0.25) is 14.4 Å². The minimum Gasteiger partial charge on any atom is -0.354 e. The summed E-state index contributed by atoms with van der Waals surface area (Å²) in [5, 5.41) is 33.6. The highest BCUT2D eigenvalue weighted by Crippen LogP contribution is 2.52. The summed E-state index contributed by atoms with van der Waals surface area (Å²) in [5.74, 6) is -0.0154. The number of H-pyrrole nitrogens is 1. The van der Waals surface area contributed by atoms with Gasteiger partial charge >= 0.3 is 0 Å². The first-order valence-corrected chi connectivity index (χ1v) is 14.8. The molecule has 1 aliphatic heterocycles. The summed E-state index contributed by atoms with van der Waals surface area (Å²) in [5.41, 5.74) is 1.13. The fourth-order valence-electron chi connectivity index (χ4n) is 5.71. The maximum absolute atomic E-state index is 13.0. The molecule has 4 N–H and O–H groups in total. The molecule has 0 spiro atoms. The summed E-state index contributed by atoms with van der Waals surface area (Å²) in [4.78, 5) is 43.0. The fraction of sp³-hybridized carbons (Fsp3) is 0.500. The van der Waals surface area contributed by atoms with Gasteiger partial charge in [0, 0.05) is 36.4 Å². The van der Waals surface area contributed by atoms with E-state index in [9.17, 15) is 19.6 Å². The number of carbonyl (C=O) groups excluding carboxylic acids is 3. The zero-order chi connectivity index (χ0) is 28.4. The van der Waals surface area contributed by atoms with E-state index in [1.807, 2.05) is 19.1 Å². The van der Waals surface area contributed by atoms with Crippen LogP contribution in [0.2, 0.25) is 0 Å². The molecule has 1 saturated heterocycles. The van der Waals surface area contributed by atoms with Gasteiger partial charge in [0.2, 0.25) is 5.91 Å². The summed E-state index contributed by atoms with van der Waals surface area (Å²) >= 11 is 2.79. The molecular weight excluding hydrogens is 550 g/mol. The Hall–Kier alpha value is -3.67. The van der Waals surface area contributed by atoms with Gasteiger partial charge in [0.15, 0.2) is 5.82 Å². The van der Waals surface area contributed by atoms with Crippen LogP contribution in [-0.2, 0) is 23.1 Å². The first kappa shape index (κ1) is 27.9. The van der Waals surface area contributed by atoms with Crippen molar-refractivity contribution >= 4 is 40.4 Å². The number of aromatic nitrogens is 4. The van der Waals surface area contributed by atoms with E-state index >= 15 is 0 Å². The molecule has 0 radical (unpaired) electrons. The van der Waals surface area contributed by atoms with Crippen LogP contribution in [0.1, 0.15) is 72.2 Å². The Kier molecular flexibility index (Phi) is 7.97. The van der Waals surface area contributed by atoms with Crippen LogP contribution in [-0.4, -0.2) is 82.5 Å². The second-order valence-corrected chi connectivity index (χ2v) is 12.2. The number of nitrogens with one attached hydrogen (secondary N) is 4. The number of likely N-dealkylation sites (tertiary alicyclic amines) is 1. The van der Waals surface area contributed by atoms with Gasteiger partial charge in [-0.15, -0.1) is 32.9 Å². The average Bonchev–Trinajstić information content (AvgIpc) is 3.78. The zero-order valence-corrected chi connectivity index (χ0v) is 24.2. The Bertz CT molecular complexity index is 1390. The van der Waals surface area contributed by atoms with Crippen LogP contribution in [0.15, 0.2) is 12.1 Å². The largest absolute Gasteiger partial charge is 0.354 e. The number of thiophene rings is 2. The van der Waals surface area contributed by atoms with Crippen LogP contribution < -0.4 is 16.0 Å². The molecule has 14 heteroatoms. The first-order chi connectivity index (χ1) is 19.3. The molecule has 2 atom stereocenters. The molecule has 210 valence electrons. The highest BCUT2D eigenvalue weighted by molar-refractivity contribution is 7.16. The third-order valence-corrected chi connectivity index (χ3v) is 10.3. The molecule has 2 aliphatic rings. The lowest BCUT2D eigenvalue weighted by molar-refractivity contribution is -0.130. The SMILES string of the molecule is CNC(=O)c1cc2c(s1)C(C[C@H](C)NCC(=O)N1CCC[C@H]1C#N)(c1nn[nH]n1)c1sc(C(=O)NC)cc1CC2. The summed E-state index contributed by atoms with van der Waals surface area (Å²) in [6.07, 6.45) is 3.34. The zero-order valence-electron chi connectivity index (χ0n) is 22.5. The smallest absolute Gasteiger partial charge is 0.261 e. The number of nitriles is 1. The van der Waals surface area contributed by atoms with Crippen LogP contribution in [0, 0.1) is 11.3 Å². The van der Waals surface area contributed by atoms with Crippen molar-refractivity contribution in [1.82, 2.24) is 41.5 Å². The lowest BCUT2D eigenvalue weighted by Gasteiger charge is -2.33. The molecule has 0 aromatic carbocycles. The maximum Gasteiger partial charge on any atom is 0.261 e. The molecule has 3 amide bonds. The van der Waals surface area contributed by atoms with E-state index in [1.165, 1.54) is 22.7 Å². The third kappa shape index (κ3) is 4.89. The van der Waals surface area contributed by atoms with E-state index in [-0.39, 0.29) is 36.3 Å². The van der Waals surface area contributed by atoms with Gasteiger partial charge in [-0.1, -0.05) is 5.21 Å². The van der Waals surface area contributed by atoms with Crippen LogP contribution in [0.5, 0.6) is 0 Å². The number of rotatable bonds is 8. The molecule has 40 heavy (non-hydrogen) atoms. The molecule has 0 saturated carbocycles. The lowest BCUT2D eigenvalue weighted by atomic mass is 9.76. The Balaban J connectivity index is 1.57. The van der Waals surface area contributed by atoms with Gasteiger partial charge in [-0.2, -0.15) is 10.5 Å². The minimum absolute atomic E-state index is 0.0866. The van der Waals surface area contributed by atoms with Gasteiger partial charge < -0.3 is 20.9 Å². The summed E-state index contributed by atoms with van der Waals surface area (Å²) < 4.78 is 0. The van der Waals surface area contributed by atoms with Gasteiger partial charge in [0.25, 0.3) is 11.8 Å².